The molecular weight excluding hydrogens is 154 g/mol. The van der Waals surface area contributed by atoms with Gasteiger partial charge in [-0.3, -0.25) is 0 Å². The summed E-state index contributed by atoms with van der Waals surface area (Å²) in [6.45, 7) is 1.27. The van der Waals surface area contributed by atoms with E-state index in [0.717, 1.165) is 0 Å². The van der Waals surface area contributed by atoms with Crippen molar-refractivity contribution in [2.45, 2.75) is 18.8 Å². The standard InChI is InChI=1S/C4H12N2O2.2Na.2H/c1-4(7,8)3(6)2-5;;;;/h3,7-8H,2,5-6H2,1H3;;;;. The van der Waals surface area contributed by atoms with E-state index < -0.39 is 11.8 Å². The third-order valence-electron chi connectivity index (χ3n) is 0.956. The van der Waals surface area contributed by atoms with Crippen LogP contribution in [0.4, 0.5) is 0 Å². The monoisotopic (exact) mass is 168 g/mol. The molecule has 6 heteroatoms. The molecule has 0 fully saturated rings. The first-order chi connectivity index (χ1) is 3.48. The number of hydrogen-bond donors (Lipinski definition) is 4. The number of aliphatic hydroxyl groups is 2. The second-order valence-electron chi connectivity index (χ2n) is 1.94. The molecule has 0 saturated carbocycles. The van der Waals surface area contributed by atoms with Crippen LogP contribution in [-0.2, 0) is 0 Å². The Kier molecular flexibility index (Phi) is 13.3. The molecule has 0 bridgehead atoms. The summed E-state index contributed by atoms with van der Waals surface area (Å²) < 4.78 is 0. The van der Waals surface area contributed by atoms with Crippen LogP contribution >= 0.6 is 0 Å². The molecule has 6 N–H and O–H groups in total. The molecule has 0 heterocycles. The van der Waals surface area contributed by atoms with E-state index in [1.54, 1.807) is 0 Å². The van der Waals surface area contributed by atoms with Crippen molar-refractivity contribution in [1.29, 1.82) is 0 Å². The molecule has 0 aliphatic heterocycles. The predicted molar refractivity (Wildman–Crippen MR) is 44.2 cm³/mol. The Hall–Kier alpha value is 1.84. The van der Waals surface area contributed by atoms with Crippen molar-refractivity contribution in [3.05, 3.63) is 0 Å². The van der Waals surface area contributed by atoms with E-state index in [0.29, 0.717) is 0 Å². The van der Waals surface area contributed by atoms with Gasteiger partial charge in [0.25, 0.3) is 0 Å². The molecule has 0 saturated heterocycles. The summed E-state index contributed by atoms with van der Waals surface area (Å²) >= 11 is 0. The second kappa shape index (κ2) is 7.49. The van der Waals surface area contributed by atoms with Crippen LogP contribution in [-0.4, -0.2) is 87.7 Å². The first kappa shape index (κ1) is 17.8. The Bertz CT molecular complexity index is 76.1. The summed E-state index contributed by atoms with van der Waals surface area (Å²) in [4.78, 5) is 0. The van der Waals surface area contributed by atoms with E-state index in [1.807, 2.05) is 0 Å². The van der Waals surface area contributed by atoms with Crippen LogP contribution < -0.4 is 11.5 Å². The van der Waals surface area contributed by atoms with Crippen molar-refractivity contribution < 1.29 is 10.2 Å². The minimum absolute atomic E-state index is 0. The maximum atomic E-state index is 8.64. The van der Waals surface area contributed by atoms with Gasteiger partial charge >= 0.3 is 59.1 Å². The molecule has 0 aliphatic carbocycles. The van der Waals surface area contributed by atoms with Crippen molar-refractivity contribution in [3.63, 3.8) is 0 Å². The van der Waals surface area contributed by atoms with E-state index >= 15 is 0 Å². The van der Waals surface area contributed by atoms with E-state index in [2.05, 4.69) is 0 Å². The quantitative estimate of drug-likeness (QED) is 0.256. The molecule has 1 atom stereocenters. The normalized spacial score (nSPS) is 12.9. The molecule has 0 radical (unpaired) electrons. The molecular formula is C4H14N2Na2O2. The molecule has 0 spiro atoms. The number of hydrogen-bond acceptors (Lipinski definition) is 4. The van der Waals surface area contributed by atoms with Crippen LogP contribution in [0.25, 0.3) is 0 Å². The van der Waals surface area contributed by atoms with Gasteiger partial charge in [0.2, 0.25) is 0 Å². The predicted octanol–water partition coefficient (Wildman–Crippen LogP) is -3.32. The molecule has 1 unspecified atom stereocenters. The molecule has 0 aromatic rings. The van der Waals surface area contributed by atoms with E-state index in [1.165, 1.54) is 6.92 Å². The second-order valence-corrected chi connectivity index (χ2v) is 1.94. The van der Waals surface area contributed by atoms with Gasteiger partial charge in [-0.2, -0.15) is 0 Å². The Morgan fingerprint density at radius 3 is 1.70 bits per heavy atom. The molecule has 0 aliphatic rings. The van der Waals surface area contributed by atoms with Gasteiger partial charge in [0, 0.05) is 6.54 Å². The Labute approximate surface area is 105 Å². The van der Waals surface area contributed by atoms with Crippen molar-refractivity contribution >= 4 is 59.1 Å². The minimum atomic E-state index is -1.84. The van der Waals surface area contributed by atoms with Crippen LogP contribution in [0.3, 0.4) is 0 Å². The topological polar surface area (TPSA) is 92.5 Å². The molecule has 10 heavy (non-hydrogen) atoms. The fraction of sp³-hybridized carbons (Fsp3) is 1.00. The van der Waals surface area contributed by atoms with Gasteiger partial charge < -0.3 is 21.7 Å². The average molecular weight is 168 g/mol. The zero-order valence-electron chi connectivity index (χ0n) is 4.83. The summed E-state index contributed by atoms with van der Waals surface area (Å²) in [6.07, 6.45) is 0. The van der Waals surface area contributed by atoms with E-state index in [9.17, 15) is 0 Å². The third kappa shape index (κ3) is 7.94. The summed E-state index contributed by atoms with van der Waals surface area (Å²) in [7, 11) is 0. The van der Waals surface area contributed by atoms with Crippen LogP contribution in [0, 0.1) is 0 Å². The van der Waals surface area contributed by atoms with Crippen LogP contribution in [0.15, 0.2) is 0 Å². The maximum absolute atomic E-state index is 8.64. The Morgan fingerprint density at radius 1 is 1.40 bits per heavy atom. The van der Waals surface area contributed by atoms with Crippen molar-refractivity contribution in [3.8, 4) is 0 Å². The van der Waals surface area contributed by atoms with Gasteiger partial charge in [0.1, 0.15) is 0 Å². The number of nitrogens with two attached hydrogens (primary N) is 2. The van der Waals surface area contributed by atoms with Gasteiger partial charge in [-0.25, -0.2) is 0 Å². The molecule has 0 aromatic carbocycles. The molecule has 0 rings (SSSR count). The van der Waals surface area contributed by atoms with Gasteiger partial charge in [-0.1, -0.05) is 0 Å². The molecule has 0 aromatic heterocycles. The summed E-state index contributed by atoms with van der Waals surface area (Å²) in [5.41, 5.74) is 10.1. The van der Waals surface area contributed by atoms with Crippen molar-refractivity contribution in [2.75, 3.05) is 6.54 Å². The summed E-state index contributed by atoms with van der Waals surface area (Å²) in [5, 5.41) is 17.3. The first-order valence-electron chi connectivity index (χ1n) is 2.39. The summed E-state index contributed by atoms with van der Waals surface area (Å²) in [6, 6.07) is -0.762. The zero-order chi connectivity index (χ0) is 6.78. The molecule has 0 amide bonds. The SMILES string of the molecule is CC(O)(O)C(N)CN.[NaH].[NaH]. The van der Waals surface area contributed by atoms with Crippen LogP contribution in [0.2, 0.25) is 0 Å². The van der Waals surface area contributed by atoms with Gasteiger partial charge in [-0.05, 0) is 6.92 Å². The first-order valence-corrected chi connectivity index (χ1v) is 2.39. The van der Waals surface area contributed by atoms with Crippen LogP contribution in [0.1, 0.15) is 6.92 Å². The van der Waals surface area contributed by atoms with E-state index in [-0.39, 0.29) is 65.7 Å². The van der Waals surface area contributed by atoms with Crippen molar-refractivity contribution in [2.24, 2.45) is 11.5 Å². The average Bonchev–Trinajstić information content (AvgIpc) is 1.62. The Balaban J connectivity index is -0.000000245. The fourth-order valence-corrected chi connectivity index (χ4v) is 0.223. The zero-order valence-corrected chi connectivity index (χ0v) is 4.83. The number of rotatable bonds is 2. The molecule has 54 valence electrons. The summed E-state index contributed by atoms with van der Waals surface area (Å²) in [5.74, 6) is -1.84. The van der Waals surface area contributed by atoms with Crippen molar-refractivity contribution in [1.82, 2.24) is 0 Å². The third-order valence-corrected chi connectivity index (χ3v) is 0.956. The van der Waals surface area contributed by atoms with Crippen LogP contribution in [0.5, 0.6) is 0 Å². The fourth-order valence-electron chi connectivity index (χ4n) is 0.223. The van der Waals surface area contributed by atoms with Gasteiger partial charge in [-0.15, -0.1) is 0 Å². The van der Waals surface area contributed by atoms with E-state index in [4.69, 9.17) is 21.7 Å². The Morgan fingerprint density at radius 2 is 1.70 bits per heavy atom. The molecule has 4 nitrogen and oxygen atoms in total. The van der Waals surface area contributed by atoms with Gasteiger partial charge in [0.15, 0.2) is 5.79 Å². The van der Waals surface area contributed by atoms with Gasteiger partial charge in [0.05, 0.1) is 6.04 Å².